The molecule has 4 nitrogen and oxygen atoms in total. The molecule has 1 atom stereocenters. The van der Waals surface area contributed by atoms with Gasteiger partial charge in [-0.25, -0.2) is 0 Å². The Labute approximate surface area is 114 Å². The molecule has 0 bridgehead atoms. The van der Waals surface area contributed by atoms with Gasteiger partial charge in [-0.2, -0.15) is 0 Å². The Morgan fingerprint density at radius 2 is 2.05 bits per heavy atom. The van der Waals surface area contributed by atoms with Gasteiger partial charge in [0, 0.05) is 26.2 Å². The smallest absolute Gasteiger partial charge is 0.236 e. The second kappa shape index (κ2) is 5.31. The van der Waals surface area contributed by atoms with E-state index in [0.717, 1.165) is 25.6 Å². The minimum atomic E-state index is -0.234. The number of hydrogen-bond acceptors (Lipinski definition) is 3. The number of primary amides is 1. The third-order valence-electron chi connectivity index (χ3n) is 4.10. The number of piperazine rings is 1. The third-order valence-corrected chi connectivity index (χ3v) is 4.10. The number of carbonyl (C=O) groups excluding carboxylic acids is 1. The van der Waals surface area contributed by atoms with Crippen LogP contribution in [0.25, 0.3) is 0 Å². The molecule has 3 N–H and O–H groups in total. The molecule has 0 aromatic heterocycles. The van der Waals surface area contributed by atoms with Crippen LogP contribution in [0.15, 0.2) is 24.3 Å². The summed E-state index contributed by atoms with van der Waals surface area (Å²) in [5.74, 6) is 0.563. The molecule has 19 heavy (non-hydrogen) atoms. The number of carbonyl (C=O) groups is 1. The topological polar surface area (TPSA) is 58.4 Å². The zero-order valence-electron chi connectivity index (χ0n) is 11.1. The highest BCUT2D eigenvalue weighted by atomic mass is 16.1. The van der Waals surface area contributed by atoms with Gasteiger partial charge >= 0.3 is 0 Å². The van der Waals surface area contributed by atoms with Gasteiger partial charge in [-0.3, -0.25) is 9.69 Å². The summed E-state index contributed by atoms with van der Waals surface area (Å²) in [7, 11) is 0. The van der Waals surface area contributed by atoms with Gasteiger partial charge in [0.25, 0.3) is 0 Å². The minimum Gasteiger partial charge on any atom is -0.368 e. The monoisotopic (exact) mass is 259 g/mol. The molecule has 1 aliphatic heterocycles. The standard InChI is InChI=1S/C15H21N3O/c16-15(19)14-9-17-7-8-18(14)10-11-1-3-12(4-2-11)13-5-6-13/h1-4,13-14,17H,5-10H2,(H2,16,19). The molecule has 1 unspecified atom stereocenters. The molecule has 1 aliphatic carbocycles. The maximum atomic E-state index is 11.4. The van der Waals surface area contributed by atoms with Crippen molar-refractivity contribution >= 4 is 5.91 Å². The second-order valence-electron chi connectivity index (χ2n) is 5.61. The van der Waals surface area contributed by atoms with Crippen LogP contribution in [0.2, 0.25) is 0 Å². The highest BCUT2D eigenvalue weighted by Crippen LogP contribution is 2.39. The highest BCUT2D eigenvalue weighted by molar-refractivity contribution is 5.80. The van der Waals surface area contributed by atoms with Gasteiger partial charge in [0.15, 0.2) is 0 Å². The summed E-state index contributed by atoms with van der Waals surface area (Å²) in [6, 6.07) is 8.65. The van der Waals surface area contributed by atoms with Crippen LogP contribution in [-0.2, 0) is 11.3 Å². The number of nitrogens with zero attached hydrogens (tertiary/aromatic N) is 1. The summed E-state index contributed by atoms with van der Waals surface area (Å²) >= 11 is 0. The van der Waals surface area contributed by atoms with Gasteiger partial charge in [0.05, 0.1) is 0 Å². The van der Waals surface area contributed by atoms with Gasteiger partial charge < -0.3 is 11.1 Å². The van der Waals surface area contributed by atoms with Crippen LogP contribution in [0.1, 0.15) is 29.9 Å². The summed E-state index contributed by atoms with van der Waals surface area (Å²) in [6.45, 7) is 3.26. The first-order valence-electron chi connectivity index (χ1n) is 7.07. The number of nitrogens with two attached hydrogens (primary N) is 1. The van der Waals surface area contributed by atoms with E-state index in [1.807, 2.05) is 0 Å². The molecule has 4 heteroatoms. The van der Waals surface area contributed by atoms with E-state index in [9.17, 15) is 4.79 Å². The lowest BCUT2D eigenvalue weighted by molar-refractivity contribution is -0.124. The summed E-state index contributed by atoms with van der Waals surface area (Å²) < 4.78 is 0. The van der Waals surface area contributed by atoms with Crippen LogP contribution in [-0.4, -0.2) is 36.5 Å². The predicted molar refractivity (Wildman–Crippen MR) is 74.7 cm³/mol. The van der Waals surface area contributed by atoms with Crippen molar-refractivity contribution in [3.63, 3.8) is 0 Å². The fourth-order valence-corrected chi connectivity index (χ4v) is 2.76. The molecule has 0 radical (unpaired) electrons. The van der Waals surface area contributed by atoms with Crippen molar-refractivity contribution < 1.29 is 4.79 Å². The van der Waals surface area contributed by atoms with E-state index >= 15 is 0 Å². The Bertz CT molecular complexity index is 453. The molecule has 1 saturated carbocycles. The predicted octanol–water partition coefficient (Wildman–Crippen LogP) is 0.823. The first-order valence-corrected chi connectivity index (χ1v) is 7.07. The fraction of sp³-hybridized carbons (Fsp3) is 0.533. The largest absolute Gasteiger partial charge is 0.368 e. The molecule has 2 aliphatic rings. The highest BCUT2D eigenvalue weighted by Gasteiger charge is 2.27. The molecule has 1 amide bonds. The summed E-state index contributed by atoms with van der Waals surface area (Å²) in [4.78, 5) is 13.6. The average molecular weight is 259 g/mol. The lowest BCUT2D eigenvalue weighted by atomic mass is 10.1. The van der Waals surface area contributed by atoms with E-state index in [2.05, 4.69) is 34.5 Å². The van der Waals surface area contributed by atoms with Gasteiger partial charge in [0.1, 0.15) is 6.04 Å². The van der Waals surface area contributed by atoms with Gasteiger partial charge in [-0.1, -0.05) is 24.3 Å². The Morgan fingerprint density at radius 1 is 1.32 bits per heavy atom. The Balaban J connectivity index is 1.66. The maximum absolute atomic E-state index is 11.4. The summed E-state index contributed by atoms with van der Waals surface area (Å²) in [6.07, 6.45) is 2.67. The number of nitrogens with one attached hydrogen (secondary N) is 1. The van der Waals surface area contributed by atoms with E-state index in [-0.39, 0.29) is 11.9 Å². The number of hydrogen-bond donors (Lipinski definition) is 2. The van der Waals surface area contributed by atoms with Crippen LogP contribution >= 0.6 is 0 Å². The van der Waals surface area contributed by atoms with Crippen molar-refractivity contribution in [1.82, 2.24) is 10.2 Å². The van der Waals surface area contributed by atoms with E-state index in [4.69, 9.17) is 5.73 Å². The molecular formula is C15H21N3O. The Morgan fingerprint density at radius 3 is 2.68 bits per heavy atom. The zero-order chi connectivity index (χ0) is 13.2. The van der Waals surface area contributed by atoms with Crippen molar-refractivity contribution in [2.45, 2.75) is 31.3 Å². The van der Waals surface area contributed by atoms with E-state index in [1.165, 1.54) is 24.0 Å². The SMILES string of the molecule is NC(=O)C1CNCCN1Cc1ccc(C2CC2)cc1. The lowest BCUT2D eigenvalue weighted by Gasteiger charge is -2.34. The number of amides is 1. The van der Waals surface area contributed by atoms with Crippen LogP contribution in [0.4, 0.5) is 0 Å². The quantitative estimate of drug-likeness (QED) is 0.842. The molecule has 0 spiro atoms. The van der Waals surface area contributed by atoms with E-state index in [1.54, 1.807) is 0 Å². The third kappa shape index (κ3) is 2.96. The van der Waals surface area contributed by atoms with Crippen LogP contribution in [0.5, 0.6) is 0 Å². The number of benzene rings is 1. The van der Waals surface area contributed by atoms with Crippen LogP contribution in [0.3, 0.4) is 0 Å². The first-order chi connectivity index (χ1) is 9.24. The van der Waals surface area contributed by atoms with Crippen molar-refractivity contribution in [3.05, 3.63) is 35.4 Å². The Hall–Kier alpha value is -1.39. The molecule has 1 saturated heterocycles. The molecule has 1 aromatic rings. The normalized spacial score (nSPS) is 24.3. The van der Waals surface area contributed by atoms with Crippen molar-refractivity contribution in [3.8, 4) is 0 Å². The lowest BCUT2D eigenvalue weighted by Crippen LogP contribution is -2.56. The first kappa shape index (κ1) is 12.6. The summed E-state index contributed by atoms with van der Waals surface area (Å²) in [5.41, 5.74) is 8.18. The van der Waals surface area contributed by atoms with Crippen molar-refractivity contribution in [2.24, 2.45) is 5.73 Å². The van der Waals surface area contributed by atoms with Gasteiger partial charge in [-0.05, 0) is 29.9 Å². The number of rotatable bonds is 4. The molecule has 2 fully saturated rings. The molecule has 3 rings (SSSR count). The van der Waals surface area contributed by atoms with Crippen molar-refractivity contribution in [1.29, 1.82) is 0 Å². The second-order valence-corrected chi connectivity index (χ2v) is 5.61. The summed E-state index contributed by atoms with van der Waals surface area (Å²) in [5, 5.41) is 3.22. The molecule has 1 heterocycles. The van der Waals surface area contributed by atoms with Crippen LogP contribution in [0, 0.1) is 0 Å². The minimum absolute atomic E-state index is 0.183. The molecule has 102 valence electrons. The van der Waals surface area contributed by atoms with Gasteiger partial charge in [-0.15, -0.1) is 0 Å². The van der Waals surface area contributed by atoms with E-state index in [0.29, 0.717) is 6.54 Å². The van der Waals surface area contributed by atoms with Gasteiger partial charge in [0.2, 0.25) is 5.91 Å². The maximum Gasteiger partial charge on any atom is 0.236 e. The fourth-order valence-electron chi connectivity index (χ4n) is 2.76. The van der Waals surface area contributed by atoms with E-state index < -0.39 is 0 Å². The van der Waals surface area contributed by atoms with Crippen LogP contribution < -0.4 is 11.1 Å². The Kier molecular flexibility index (Phi) is 3.53. The average Bonchev–Trinajstić information content (AvgIpc) is 3.24. The zero-order valence-corrected chi connectivity index (χ0v) is 11.1. The van der Waals surface area contributed by atoms with Crippen molar-refractivity contribution in [2.75, 3.05) is 19.6 Å². The molecular weight excluding hydrogens is 238 g/mol. The molecule has 1 aromatic carbocycles.